The molecule has 1 aliphatic carbocycles. The second kappa shape index (κ2) is 11.7. The Balaban J connectivity index is 1.17. The van der Waals surface area contributed by atoms with E-state index in [0.717, 1.165) is 48.7 Å². The van der Waals surface area contributed by atoms with Crippen molar-refractivity contribution >= 4 is 22.4 Å². The molecule has 1 heterocycles. The van der Waals surface area contributed by atoms with Crippen molar-refractivity contribution in [2.24, 2.45) is 5.92 Å². The van der Waals surface area contributed by atoms with Crippen molar-refractivity contribution in [1.29, 1.82) is 0 Å². The molecule has 1 aromatic heterocycles. The van der Waals surface area contributed by atoms with Crippen LogP contribution in [0.4, 0.5) is 11.5 Å². The zero-order valence-electron chi connectivity index (χ0n) is 20.0. The fraction of sp³-hybridized carbons (Fsp3) is 0.414. The van der Waals surface area contributed by atoms with Crippen LogP contribution in [0.2, 0.25) is 0 Å². The van der Waals surface area contributed by atoms with Crippen molar-refractivity contribution < 1.29 is 0 Å². The maximum atomic E-state index is 4.87. The molecule has 4 nitrogen and oxygen atoms in total. The van der Waals surface area contributed by atoms with E-state index in [0.29, 0.717) is 6.04 Å². The number of rotatable bonds is 8. The highest BCUT2D eigenvalue weighted by Gasteiger charge is 2.21. The van der Waals surface area contributed by atoms with Gasteiger partial charge in [-0.1, -0.05) is 48.2 Å². The van der Waals surface area contributed by atoms with Gasteiger partial charge in [-0.2, -0.15) is 0 Å². The molecule has 172 valence electrons. The molecule has 1 saturated carbocycles. The lowest BCUT2D eigenvalue weighted by molar-refractivity contribution is 0.324. The van der Waals surface area contributed by atoms with Crippen LogP contribution in [0.1, 0.15) is 44.1 Å². The topological polar surface area (TPSA) is 40.2 Å². The zero-order chi connectivity index (χ0) is 22.9. The van der Waals surface area contributed by atoms with Crippen molar-refractivity contribution in [3.63, 3.8) is 0 Å². The summed E-state index contributed by atoms with van der Waals surface area (Å²) in [4.78, 5) is 7.05. The highest BCUT2D eigenvalue weighted by atomic mass is 15.1. The van der Waals surface area contributed by atoms with E-state index in [1.165, 1.54) is 36.8 Å². The average Bonchev–Trinajstić information content (AvgIpc) is 2.84. The number of nitrogens with zero attached hydrogens (tertiary/aromatic N) is 2. The number of para-hydroxylation sites is 1. The fourth-order valence-electron chi connectivity index (χ4n) is 4.62. The van der Waals surface area contributed by atoms with E-state index in [-0.39, 0.29) is 0 Å². The molecule has 0 aliphatic heterocycles. The van der Waals surface area contributed by atoms with Crippen LogP contribution in [0, 0.1) is 17.8 Å². The van der Waals surface area contributed by atoms with E-state index in [4.69, 9.17) is 4.98 Å². The fourth-order valence-corrected chi connectivity index (χ4v) is 4.62. The smallest absolute Gasteiger partial charge is 0.128 e. The molecule has 4 rings (SSSR count). The minimum Gasteiger partial charge on any atom is -0.377 e. The molecule has 4 heteroatoms. The molecule has 1 fully saturated rings. The molecule has 3 aromatic rings. The first kappa shape index (κ1) is 23.1. The van der Waals surface area contributed by atoms with Gasteiger partial charge in [0.2, 0.25) is 0 Å². The minimum atomic E-state index is 0.512. The second-order valence-electron chi connectivity index (χ2n) is 9.28. The number of hydrogen-bond acceptors (Lipinski definition) is 4. The molecular formula is C29H36N4. The van der Waals surface area contributed by atoms with Crippen LogP contribution in [-0.4, -0.2) is 38.2 Å². The van der Waals surface area contributed by atoms with Gasteiger partial charge < -0.3 is 15.5 Å². The summed E-state index contributed by atoms with van der Waals surface area (Å²) in [6.45, 7) is 2.17. The van der Waals surface area contributed by atoms with Gasteiger partial charge in [0.15, 0.2) is 0 Å². The average molecular weight is 441 g/mol. The lowest BCUT2D eigenvalue weighted by atomic mass is 9.86. The SMILES string of the molecule is CN(C)c1cc(N[C@H]2CC[C@@H](CNCCCC#Cc3ccccc3)CC2)nc2ccccc12. The first-order chi connectivity index (χ1) is 16.2. The standard InChI is InChI=1S/C29H36N4/c1-33(2)28-21-29(32-27-15-9-8-14-26(27)28)31-25-18-16-24(17-19-25)22-30-20-10-4-7-13-23-11-5-3-6-12-23/h3,5-6,8-9,11-12,14-15,21,24-25,30H,4,10,16-20,22H2,1-2H3,(H,31,32)/t24-,25+. The number of aromatic nitrogens is 1. The third kappa shape index (κ3) is 6.73. The number of unbranched alkanes of at least 4 members (excludes halogenated alkanes) is 1. The van der Waals surface area contributed by atoms with Crippen molar-refractivity contribution in [1.82, 2.24) is 10.3 Å². The Morgan fingerprint density at radius 3 is 2.52 bits per heavy atom. The Morgan fingerprint density at radius 1 is 0.970 bits per heavy atom. The van der Waals surface area contributed by atoms with Gasteiger partial charge >= 0.3 is 0 Å². The van der Waals surface area contributed by atoms with Crippen LogP contribution in [0.25, 0.3) is 10.9 Å². The molecule has 0 unspecified atom stereocenters. The predicted molar refractivity (Wildman–Crippen MR) is 141 cm³/mol. The molecule has 0 radical (unpaired) electrons. The van der Waals surface area contributed by atoms with Crippen molar-refractivity contribution in [2.45, 2.75) is 44.6 Å². The molecule has 1 aliphatic rings. The van der Waals surface area contributed by atoms with Crippen molar-refractivity contribution in [3.8, 4) is 11.8 Å². The lowest BCUT2D eigenvalue weighted by Crippen LogP contribution is -2.31. The van der Waals surface area contributed by atoms with Crippen LogP contribution in [0.3, 0.4) is 0 Å². The van der Waals surface area contributed by atoms with Crippen LogP contribution >= 0.6 is 0 Å². The lowest BCUT2D eigenvalue weighted by Gasteiger charge is -2.30. The maximum Gasteiger partial charge on any atom is 0.128 e. The van der Waals surface area contributed by atoms with Gasteiger partial charge in [-0.25, -0.2) is 4.98 Å². The number of hydrogen-bond donors (Lipinski definition) is 2. The van der Waals surface area contributed by atoms with E-state index in [9.17, 15) is 0 Å². The molecule has 0 atom stereocenters. The summed E-state index contributed by atoms with van der Waals surface area (Å²) in [5.74, 6) is 8.29. The molecule has 33 heavy (non-hydrogen) atoms. The summed E-state index contributed by atoms with van der Waals surface area (Å²) in [6.07, 6.45) is 7.02. The molecule has 0 amide bonds. The summed E-state index contributed by atoms with van der Waals surface area (Å²) < 4.78 is 0. The predicted octanol–water partition coefficient (Wildman–Crippen LogP) is 5.69. The first-order valence-electron chi connectivity index (χ1n) is 12.3. The van der Waals surface area contributed by atoms with Gasteiger partial charge in [0.25, 0.3) is 0 Å². The van der Waals surface area contributed by atoms with Crippen LogP contribution < -0.4 is 15.5 Å². The monoisotopic (exact) mass is 440 g/mol. The summed E-state index contributed by atoms with van der Waals surface area (Å²) in [5, 5.41) is 8.57. The molecule has 2 N–H and O–H groups in total. The third-order valence-electron chi connectivity index (χ3n) is 6.47. The number of nitrogens with one attached hydrogen (secondary N) is 2. The van der Waals surface area contributed by atoms with E-state index in [1.807, 2.05) is 18.2 Å². The Kier molecular flexibility index (Phi) is 8.22. The second-order valence-corrected chi connectivity index (χ2v) is 9.28. The van der Waals surface area contributed by atoms with Gasteiger partial charge in [-0.05, 0) is 69.3 Å². The maximum absolute atomic E-state index is 4.87. The Bertz CT molecular complexity index is 1070. The first-order valence-corrected chi connectivity index (χ1v) is 12.3. The van der Waals surface area contributed by atoms with Gasteiger partial charge in [-0.3, -0.25) is 0 Å². The largest absolute Gasteiger partial charge is 0.377 e. The van der Waals surface area contributed by atoms with Gasteiger partial charge in [0.05, 0.1) is 5.52 Å². The van der Waals surface area contributed by atoms with E-state index in [2.05, 4.69) is 83.9 Å². The minimum absolute atomic E-state index is 0.512. The quantitative estimate of drug-likeness (QED) is 0.349. The summed E-state index contributed by atoms with van der Waals surface area (Å²) in [7, 11) is 4.19. The van der Waals surface area contributed by atoms with Gasteiger partial charge in [-0.15, -0.1) is 0 Å². The molecule has 0 bridgehead atoms. The van der Waals surface area contributed by atoms with Crippen LogP contribution in [-0.2, 0) is 0 Å². The summed E-state index contributed by atoms with van der Waals surface area (Å²) in [5.41, 5.74) is 3.37. The van der Waals surface area contributed by atoms with Gasteiger partial charge in [0.1, 0.15) is 5.82 Å². The highest BCUT2D eigenvalue weighted by Crippen LogP contribution is 2.30. The van der Waals surface area contributed by atoms with E-state index in [1.54, 1.807) is 0 Å². The number of fused-ring (bicyclic) bond motifs is 1. The summed E-state index contributed by atoms with van der Waals surface area (Å²) in [6, 6.07) is 21.3. The Hall–Kier alpha value is -3.03. The Morgan fingerprint density at radius 2 is 1.73 bits per heavy atom. The van der Waals surface area contributed by atoms with Crippen LogP contribution in [0.5, 0.6) is 0 Å². The van der Waals surface area contributed by atoms with Crippen LogP contribution in [0.15, 0.2) is 60.7 Å². The molecule has 0 spiro atoms. The number of anilines is 2. The zero-order valence-corrected chi connectivity index (χ0v) is 20.0. The molecular weight excluding hydrogens is 404 g/mol. The highest BCUT2D eigenvalue weighted by molar-refractivity contribution is 5.93. The van der Waals surface area contributed by atoms with Gasteiger partial charge in [0, 0.05) is 49.3 Å². The van der Waals surface area contributed by atoms with Crippen molar-refractivity contribution in [2.75, 3.05) is 37.4 Å². The van der Waals surface area contributed by atoms with Crippen molar-refractivity contribution in [3.05, 3.63) is 66.2 Å². The molecule has 0 saturated heterocycles. The summed E-state index contributed by atoms with van der Waals surface area (Å²) >= 11 is 0. The normalized spacial score (nSPS) is 17.9. The third-order valence-corrected chi connectivity index (χ3v) is 6.47. The number of pyridine rings is 1. The number of benzene rings is 2. The Labute approximate surface area is 198 Å². The van der Waals surface area contributed by atoms with E-state index < -0.39 is 0 Å². The van der Waals surface area contributed by atoms with E-state index >= 15 is 0 Å². The molecule has 2 aromatic carbocycles.